The molecular weight excluding hydrogens is 391 g/mol. The molecule has 0 aliphatic carbocycles. The molecule has 0 saturated carbocycles. The van der Waals surface area contributed by atoms with Crippen molar-refractivity contribution in [3.05, 3.63) is 35.9 Å². The lowest BCUT2D eigenvalue weighted by Gasteiger charge is -2.29. The molecule has 0 bridgehead atoms. The predicted octanol–water partition coefficient (Wildman–Crippen LogP) is 3.53. The highest BCUT2D eigenvalue weighted by Gasteiger charge is 2.34. The summed E-state index contributed by atoms with van der Waals surface area (Å²) in [5.41, 5.74) is 1.29. The fourth-order valence-corrected chi connectivity index (χ4v) is 3.48. The highest BCUT2D eigenvalue weighted by molar-refractivity contribution is 14.1. The van der Waals surface area contributed by atoms with Gasteiger partial charge in [-0.05, 0) is 17.9 Å². The Labute approximate surface area is 146 Å². The van der Waals surface area contributed by atoms with Crippen LogP contribution in [0.25, 0.3) is 0 Å². The highest BCUT2D eigenvalue weighted by atomic mass is 127. The lowest BCUT2D eigenvalue weighted by Crippen LogP contribution is -2.41. The molecule has 0 aromatic heterocycles. The molecule has 0 spiro atoms. The van der Waals surface area contributed by atoms with Gasteiger partial charge in [-0.3, -0.25) is 0 Å². The largest absolute Gasteiger partial charge is 0.483 e. The van der Waals surface area contributed by atoms with Crippen molar-refractivity contribution >= 4 is 34.4 Å². The average Bonchev–Trinajstić information content (AvgIpc) is 2.54. The summed E-state index contributed by atoms with van der Waals surface area (Å²) < 4.78 is 11.3. The van der Waals surface area contributed by atoms with Gasteiger partial charge >= 0.3 is 0 Å². The van der Waals surface area contributed by atoms with Crippen molar-refractivity contribution < 1.29 is 9.47 Å². The van der Waals surface area contributed by atoms with E-state index in [2.05, 4.69) is 60.7 Å². The van der Waals surface area contributed by atoms with Gasteiger partial charge in [0.15, 0.2) is 0 Å². The number of halogens is 1. The molecule has 1 aliphatic heterocycles. The number of alkyl halides is 1. The van der Waals surface area contributed by atoms with Gasteiger partial charge in [-0.2, -0.15) is 0 Å². The molecule has 1 aromatic carbocycles. The summed E-state index contributed by atoms with van der Waals surface area (Å²) in [6.45, 7) is 4.23. The summed E-state index contributed by atoms with van der Waals surface area (Å²) in [5.74, 6) is 1.73. The quantitative estimate of drug-likeness (QED) is 0.559. The summed E-state index contributed by atoms with van der Waals surface area (Å²) in [5, 5.41) is 0. The van der Waals surface area contributed by atoms with Gasteiger partial charge in [0.05, 0.1) is 14.2 Å². The van der Waals surface area contributed by atoms with Gasteiger partial charge in [0.1, 0.15) is 12.1 Å². The normalized spacial score (nSPS) is 22.8. The van der Waals surface area contributed by atoms with E-state index in [0.29, 0.717) is 17.7 Å². The Kier molecular flexibility index (Phi) is 6.23. The minimum atomic E-state index is -0.101. The van der Waals surface area contributed by atoms with Gasteiger partial charge in [0, 0.05) is 3.92 Å². The van der Waals surface area contributed by atoms with E-state index >= 15 is 0 Å². The molecule has 2 rings (SSSR count). The summed E-state index contributed by atoms with van der Waals surface area (Å²) in [4.78, 5) is 9.51. The predicted molar refractivity (Wildman–Crippen MR) is 99.3 cm³/mol. The number of hydrogen-bond donors (Lipinski definition) is 0. The minimum Gasteiger partial charge on any atom is -0.483 e. The van der Waals surface area contributed by atoms with E-state index in [1.165, 1.54) is 5.56 Å². The first-order valence-corrected chi connectivity index (χ1v) is 8.72. The van der Waals surface area contributed by atoms with Crippen molar-refractivity contribution in [3.63, 3.8) is 0 Å². The van der Waals surface area contributed by atoms with Crippen molar-refractivity contribution in [3.8, 4) is 0 Å². The van der Waals surface area contributed by atoms with E-state index in [-0.39, 0.29) is 16.0 Å². The van der Waals surface area contributed by atoms with Crippen LogP contribution >= 0.6 is 22.6 Å². The van der Waals surface area contributed by atoms with Crippen molar-refractivity contribution in [2.75, 3.05) is 14.2 Å². The second-order valence-corrected chi connectivity index (χ2v) is 7.28. The molecule has 1 aromatic rings. The Morgan fingerprint density at radius 3 is 2.09 bits per heavy atom. The summed E-state index contributed by atoms with van der Waals surface area (Å²) >= 11 is 2.43. The number of aliphatic imine (C=N–C) groups is 2. The van der Waals surface area contributed by atoms with Crippen molar-refractivity contribution in [2.45, 2.75) is 36.3 Å². The lowest BCUT2D eigenvalue weighted by molar-refractivity contribution is 0.332. The Morgan fingerprint density at radius 1 is 1.00 bits per heavy atom. The maximum Gasteiger partial charge on any atom is 0.210 e. The van der Waals surface area contributed by atoms with Crippen LogP contribution in [0.15, 0.2) is 40.3 Å². The number of nitrogens with zero attached hydrogens (tertiary/aromatic N) is 2. The topological polar surface area (TPSA) is 43.2 Å². The van der Waals surface area contributed by atoms with Crippen molar-refractivity contribution in [2.24, 2.45) is 15.9 Å². The van der Waals surface area contributed by atoms with Crippen molar-refractivity contribution in [1.29, 1.82) is 0 Å². The number of hydrogen-bond acceptors (Lipinski definition) is 4. The first kappa shape index (κ1) is 17.2. The van der Waals surface area contributed by atoms with Gasteiger partial charge in [-0.1, -0.05) is 66.8 Å². The lowest BCUT2D eigenvalue weighted by atomic mass is 10.0. The van der Waals surface area contributed by atoms with Crippen LogP contribution in [-0.2, 0) is 15.9 Å². The van der Waals surface area contributed by atoms with Crippen LogP contribution in [0.4, 0.5) is 0 Å². The van der Waals surface area contributed by atoms with E-state index in [4.69, 9.17) is 19.5 Å². The molecule has 0 saturated heterocycles. The van der Waals surface area contributed by atoms with E-state index in [0.717, 1.165) is 6.42 Å². The Hall–Kier alpha value is -1.11. The average molecular weight is 414 g/mol. The zero-order chi connectivity index (χ0) is 16.1. The van der Waals surface area contributed by atoms with Crippen LogP contribution in [0.3, 0.4) is 0 Å². The SMILES string of the molecule is COC1=N[C@H](C(I)Cc2ccccc2)C(OC)=N[C@@H]1C(C)C. The van der Waals surface area contributed by atoms with Crippen LogP contribution in [0.1, 0.15) is 19.4 Å². The Morgan fingerprint density at radius 2 is 1.55 bits per heavy atom. The van der Waals surface area contributed by atoms with Crippen LogP contribution in [0.5, 0.6) is 0 Å². The molecule has 0 fully saturated rings. The molecule has 0 amide bonds. The summed E-state index contributed by atoms with van der Waals surface area (Å²) in [6, 6.07) is 10.3. The molecule has 1 unspecified atom stereocenters. The molecular formula is C17H23IN2O2. The monoisotopic (exact) mass is 414 g/mol. The summed E-state index contributed by atoms with van der Waals surface area (Å²) in [7, 11) is 3.33. The zero-order valence-corrected chi connectivity index (χ0v) is 15.6. The maximum absolute atomic E-state index is 5.52. The minimum absolute atomic E-state index is 0.0588. The Balaban J connectivity index is 2.21. The number of benzene rings is 1. The first-order valence-electron chi connectivity index (χ1n) is 7.48. The second kappa shape index (κ2) is 7.94. The molecule has 4 nitrogen and oxygen atoms in total. The second-order valence-electron chi connectivity index (χ2n) is 5.68. The van der Waals surface area contributed by atoms with E-state index in [1.54, 1.807) is 14.2 Å². The summed E-state index contributed by atoms with van der Waals surface area (Å²) in [6.07, 6.45) is 0.918. The van der Waals surface area contributed by atoms with Crippen LogP contribution in [0, 0.1) is 5.92 Å². The third-order valence-electron chi connectivity index (χ3n) is 3.70. The van der Waals surface area contributed by atoms with Crippen LogP contribution < -0.4 is 0 Å². The first-order chi connectivity index (χ1) is 10.6. The zero-order valence-electron chi connectivity index (χ0n) is 13.5. The van der Waals surface area contributed by atoms with E-state index in [1.807, 2.05) is 6.07 Å². The third-order valence-corrected chi connectivity index (χ3v) is 4.83. The molecule has 5 heteroatoms. The van der Waals surface area contributed by atoms with Gasteiger partial charge < -0.3 is 9.47 Å². The maximum atomic E-state index is 5.52. The van der Waals surface area contributed by atoms with Crippen molar-refractivity contribution in [1.82, 2.24) is 0 Å². The van der Waals surface area contributed by atoms with E-state index in [9.17, 15) is 0 Å². The number of ether oxygens (including phenoxy) is 2. The van der Waals surface area contributed by atoms with Gasteiger partial charge in [0.2, 0.25) is 11.8 Å². The number of methoxy groups -OCH3 is 2. The van der Waals surface area contributed by atoms with E-state index < -0.39 is 0 Å². The molecule has 1 aliphatic rings. The number of rotatable bonds is 4. The molecule has 0 radical (unpaired) electrons. The molecule has 3 atom stereocenters. The van der Waals surface area contributed by atoms with Gasteiger partial charge in [0.25, 0.3) is 0 Å². The standard InChI is InChI=1S/C17H23IN2O2/c1-11(2)14-16(21-3)20-15(17(19-14)22-4)13(18)10-12-8-6-5-7-9-12/h5-9,11,13-15H,10H2,1-4H3/t13?,14-,15-/m1/s1. The molecule has 120 valence electrons. The molecule has 0 N–H and O–H groups in total. The van der Waals surface area contributed by atoms with Gasteiger partial charge in [-0.25, -0.2) is 9.98 Å². The molecule has 1 heterocycles. The Bertz CT molecular complexity index is 543. The van der Waals surface area contributed by atoms with Crippen LogP contribution in [0.2, 0.25) is 0 Å². The highest BCUT2D eigenvalue weighted by Crippen LogP contribution is 2.24. The fraction of sp³-hybridized carbons (Fsp3) is 0.529. The smallest absolute Gasteiger partial charge is 0.210 e. The van der Waals surface area contributed by atoms with Crippen LogP contribution in [-0.4, -0.2) is 42.0 Å². The third kappa shape index (κ3) is 4.00. The molecule has 22 heavy (non-hydrogen) atoms. The fourth-order valence-electron chi connectivity index (χ4n) is 2.50. The van der Waals surface area contributed by atoms with Gasteiger partial charge in [-0.15, -0.1) is 0 Å².